The van der Waals surface area contributed by atoms with Crippen LogP contribution in [-0.4, -0.2) is 24.6 Å². The monoisotopic (exact) mass is 390 g/mol. The highest BCUT2D eigenvalue weighted by Gasteiger charge is 2.22. The Bertz CT molecular complexity index is 797. The van der Waals surface area contributed by atoms with Gasteiger partial charge in [-0.05, 0) is 57.2 Å². The quantitative estimate of drug-likeness (QED) is 0.552. The van der Waals surface area contributed by atoms with Crippen LogP contribution in [-0.2, 0) is 6.54 Å². The standard InChI is InChI=1S/C20H27FN4OS/c1-12-14(3)27-19(24-12)10-23-20(22-4)25-13(2)16-7-8-18(17(21)9-16)26-11-15-5-6-15/h7-9,13,15H,5-6,10-11H2,1-4H3,(H2,22,23,25). The molecule has 7 heteroatoms. The average molecular weight is 391 g/mol. The zero-order valence-corrected chi connectivity index (χ0v) is 17.1. The lowest BCUT2D eigenvalue weighted by Gasteiger charge is -2.18. The maximum Gasteiger partial charge on any atom is 0.191 e. The number of nitrogens with one attached hydrogen (secondary N) is 2. The molecule has 1 aliphatic carbocycles. The SMILES string of the molecule is CN=C(NCc1nc(C)c(C)s1)NC(C)c1ccc(OCC2CC2)c(F)c1. The number of halogens is 1. The number of benzene rings is 1. The number of guanidine groups is 1. The van der Waals surface area contributed by atoms with Crippen molar-refractivity contribution in [1.29, 1.82) is 0 Å². The molecule has 0 radical (unpaired) electrons. The van der Waals surface area contributed by atoms with Gasteiger partial charge in [0.25, 0.3) is 0 Å². The summed E-state index contributed by atoms with van der Waals surface area (Å²) >= 11 is 1.68. The van der Waals surface area contributed by atoms with E-state index in [2.05, 4.69) is 27.5 Å². The Morgan fingerprint density at radius 2 is 2.19 bits per heavy atom. The van der Waals surface area contributed by atoms with E-state index in [0.29, 0.717) is 30.8 Å². The molecule has 2 aromatic rings. The fourth-order valence-corrected chi connectivity index (χ4v) is 3.53. The van der Waals surface area contributed by atoms with Crippen LogP contribution in [0.1, 0.15) is 46.9 Å². The zero-order valence-electron chi connectivity index (χ0n) is 16.3. The lowest BCUT2D eigenvalue weighted by atomic mass is 10.1. The molecule has 0 bridgehead atoms. The molecular weight excluding hydrogens is 363 g/mol. The molecule has 1 atom stereocenters. The number of hydrogen-bond donors (Lipinski definition) is 2. The maximum absolute atomic E-state index is 14.3. The topological polar surface area (TPSA) is 58.5 Å². The first kappa shape index (κ1) is 19.6. The van der Waals surface area contributed by atoms with Gasteiger partial charge in [-0.15, -0.1) is 11.3 Å². The van der Waals surface area contributed by atoms with Crippen LogP contribution in [0.4, 0.5) is 4.39 Å². The van der Waals surface area contributed by atoms with Gasteiger partial charge < -0.3 is 15.4 Å². The summed E-state index contributed by atoms with van der Waals surface area (Å²) in [6.07, 6.45) is 2.37. The minimum atomic E-state index is -0.321. The molecule has 2 N–H and O–H groups in total. The molecule has 0 spiro atoms. The van der Waals surface area contributed by atoms with Crippen LogP contribution in [0.25, 0.3) is 0 Å². The predicted octanol–water partition coefficient (Wildman–Crippen LogP) is 4.11. The number of rotatable bonds is 7. The summed E-state index contributed by atoms with van der Waals surface area (Å²) in [6, 6.07) is 5.04. The van der Waals surface area contributed by atoms with Gasteiger partial charge in [0.1, 0.15) is 5.01 Å². The lowest BCUT2D eigenvalue weighted by Crippen LogP contribution is -2.38. The Hall–Kier alpha value is -2.15. The van der Waals surface area contributed by atoms with Gasteiger partial charge in [0.15, 0.2) is 17.5 Å². The minimum absolute atomic E-state index is 0.0945. The third-order valence-electron chi connectivity index (χ3n) is 4.68. The number of aliphatic imine (C=N–C) groups is 1. The minimum Gasteiger partial charge on any atom is -0.490 e. The first-order chi connectivity index (χ1) is 13.0. The fourth-order valence-electron chi connectivity index (χ4n) is 2.65. The second-order valence-electron chi connectivity index (χ2n) is 6.99. The van der Waals surface area contributed by atoms with Gasteiger partial charge in [-0.3, -0.25) is 4.99 Å². The average Bonchev–Trinajstić information content (AvgIpc) is 3.42. The van der Waals surface area contributed by atoms with E-state index in [4.69, 9.17) is 4.74 Å². The number of hydrogen-bond acceptors (Lipinski definition) is 4. The van der Waals surface area contributed by atoms with Gasteiger partial charge in [0, 0.05) is 11.9 Å². The third kappa shape index (κ3) is 5.42. The molecule has 1 aromatic carbocycles. The molecule has 5 nitrogen and oxygen atoms in total. The van der Waals surface area contributed by atoms with E-state index in [0.717, 1.165) is 16.3 Å². The highest BCUT2D eigenvalue weighted by Crippen LogP contribution is 2.30. The molecule has 1 heterocycles. The predicted molar refractivity (Wildman–Crippen MR) is 108 cm³/mol. The molecule has 1 fully saturated rings. The highest BCUT2D eigenvalue weighted by atomic mass is 32.1. The van der Waals surface area contributed by atoms with E-state index in [1.165, 1.54) is 23.8 Å². The van der Waals surface area contributed by atoms with Crippen LogP contribution in [0, 0.1) is 25.6 Å². The van der Waals surface area contributed by atoms with Crippen LogP contribution < -0.4 is 15.4 Å². The first-order valence-electron chi connectivity index (χ1n) is 9.28. The lowest BCUT2D eigenvalue weighted by molar-refractivity contribution is 0.285. The summed E-state index contributed by atoms with van der Waals surface area (Å²) in [5.41, 5.74) is 1.91. The molecular formula is C20H27FN4OS. The van der Waals surface area contributed by atoms with Gasteiger partial charge >= 0.3 is 0 Å². The normalized spacial score (nSPS) is 15.5. The highest BCUT2D eigenvalue weighted by molar-refractivity contribution is 7.11. The van der Waals surface area contributed by atoms with Crippen molar-refractivity contribution in [3.63, 3.8) is 0 Å². The molecule has 1 saturated carbocycles. The second kappa shape index (κ2) is 8.69. The van der Waals surface area contributed by atoms with Crippen LogP contribution >= 0.6 is 11.3 Å². The van der Waals surface area contributed by atoms with Gasteiger partial charge in [-0.1, -0.05) is 6.07 Å². The Kier molecular flexibility index (Phi) is 6.31. The van der Waals surface area contributed by atoms with E-state index < -0.39 is 0 Å². The summed E-state index contributed by atoms with van der Waals surface area (Å²) in [4.78, 5) is 9.99. The van der Waals surface area contributed by atoms with Crippen molar-refractivity contribution in [3.05, 3.63) is 45.2 Å². The number of nitrogens with zero attached hydrogens (tertiary/aromatic N) is 2. The van der Waals surface area contributed by atoms with Crippen LogP contribution in [0.3, 0.4) is 0 Å². The Morgan fingerprint density at radius 3 is 2.78 bits per heavy atom. The van der Waals surface area contributed by atoms with Crippen molar-refractivity contribution in [1.82, 2.24) is 15.6 Å². The van der Waals surface area contributed by atoms with Crippen molar-refractivity contribution in [2.24, 2.45) is 10.9 Å². The largest absolute Gasteiger partial charge is 0.490 e. The Labute approximate surface area is 164 Å². The molecule has 0 amide bonds. The van der Waals surface area contributed by atoms with E-state index in [-0.39, 0.29) is 11.9 Å². The Morgan fingerprint density at radius 1 is 1.41 bits per heavy atom. The molecule has 0 saturated heterocycles. The van der Waals surface area contributed by atoms with Gasteiger partial charge in [0.2, 0.25) is 0 Å². The van der Waals surface area contributed by atoms with Crippen molar-refractivity contribution < 1.29 is 9.13 Å². The van der Waals surface area contributed by atoms with Crippen LogP contribution in [0.2, 0.25) is 0 Å². The van der Waals surface area contributed by atoms with E-state index >= 15 is 0 Å². The van der Waals surface area contributed by atoms with Crippen molar-refractivity contribution in [3.8, 4) is 5.75 Å². The summed E-state index contributed by atoms with van der Waals surface area (Å²) < 4.78 is 19.9. The van der Waals surface area contributed by atoms with Gasteiger partial charge in [0.05, 0.1) is 24.9 Å². The summed E-state index contributed by atoms with van der Waals surface area (Å²) in [7, 11) is 1.72. The third-order valence-corrected chi connectivity index (χ3v) is 5.76. The van der Waals surface area contributed by atoms with Crippen molar-refractivity contribution >= 4 is 17.3 Å². The molecule has 0 aliphatic heterocycles. The Balaban J connectivity index is 1.55. The first-order valence-corrected chi connectivity index (χ1v) is 10.1. The molecule has 146 valence electrons. The summed E-state index contributed by atoms with van der Waals surface area (Å²) in [5, 5.41) is 7.57. The maximum atomic E-state index is 14.3. The van der Waals surface area contributed by atoms with Crippen LogP contribution in [0.15, 0.2) is 23.2 Å². The molecule has 1 aliphatic rings. The van der Waals surface area contributed by atoms with Crippen LogP contribution in [0.5, 0.6) is 5.75 Å². The van der Waals surface area contributed by atoms with Gasteiger partial charge in [-0.25, -0.2) is 9.37 Å². The number of aryl methyl sites for hydroxylation is 2. The number of aromatic nitrogens is 1. The van der Waals surface area contributed by atoms with Crippen molar-refractivity contribution in [2.45, 2.75) is 46.2 Å². The fraction of sp³-hybridized carbons (Fsp3) is 0.500. The number of ether oxygens (including phenoxy) is 1. The summed E-state index contributed by atoms with van der Waals surface area (Å²) in [6.45, 7) is 7.27. The molecule has 1 aromatic heterocycles. The molecule has 3 rings (SSSR count). The van der Waals surface area contributed by atoms with E-state index in [1.54, 1.807) is 24.5 Å². The number of thiazole rings is 1. The zero-order chi connectivity index (χ0) is 19.4. The van der Waals surface area contributed by atoms with E-state index in [9.17, 15) is 4.39 Å². The molecule has 1 unspecified atom stereocenters. The van der Waals surface area contributed by atoms with Crippen molar-refractivity contribution in [2.75, 3.05) is 13.7 Å². The van der Waals surface area contributed by atoms with E-state index in [1.807, 2.05) is 19.9 Å². The molecule has 27 heavy (non-hydrogen) atoms. The van der Waals surface area contributed by atoms with Gasteiger partial charge in [-0.2, -0.15) is 0 Å². The smallest absolute Gasteiger partial charge is 0.191 e. The second-order valence-corrected chi connectivity index (χ2v) is 8.27. The summed E-state index contributed by atoms with van der Waals surface area (Å²) in [5.74, 6) is 1.26.